The molecule has 224 valence electrons. The molecule has 1 aromatic heterocycles. The molecule has 5 rings (SSSR count). The molecule has 0 saturated carbocycles. The Bertz CT molecular complexity index is 1510. The third-order valence-electron chi connectivity index (χ3n) is 6.92. The number of nitrogens with one attached hydrogen (secondary N) is 1. The van der Waals surface area contributed by atoms with Crippen LogP contribution in [-0.4, -0.2) is 58.1 Å². The molecule has 1 fully saturated rings. The van der Waals surface area contributed by atoms with Crippen molar-refractivity contribution >= 4 is 46.9 Å². The summed E-state index contributed by atoms with van der Waals surface area (Å²) in [7, 11) is 0. The molecule has 0 unspecified atom stereocenters. The summed E-state index contributed by atoms with van der Waals surface area (Å²) in [6.45, 7) is 0.707. The van der Waals surface area contributed by atoms with E-state index in [2.05, 4.69) is 0 Å². The normalized spacial score (nSPS) is 19.9. The van der Waals surface area contributed by atoms with Gasteiger partial charge in [-0.2, -0.15) is 13.2 Å². The van der Waals surface area contributed by atoms with Gasteiger partial charge in [-0.1, -0.05) is 66.7 Å². The number of hydrogen-bond acceptors (Lipinski definition) is 8. The van der Waals surface area contributed by atoms with E-state index >= 15 is 0 Å². The first-order valence-electron chi connectivity index (χ1n) is 13.0. The second kappa shape index (κ2) is 12.3. The molecule has 13 heteroatoms. The molecule has 3 aromatic rings. The molecular weight excluding hydrogens is 605 g/mol. The van der Waals surface area contributed by atoms with Gasteiger partial charge in [-0.25, -0.2) is 4.79 Å². The first-order chi connectivity index (χ1) is 20.5. The van der Waals surface area contributed by atoms with Crippen LogP contribution in [0.1, 0.15) is 29.0 Å². The summed E-state index contributed by atoms with van der Waals surface area (Å²) >= 11 is 1.90. The Morgan fingerprint density at radius 1 is 1.02 bits per heavy atom. The Hall–Kier alpha value is -4.10. The Labute approximate surface area is 252 Å². The van der Waals surface area contributed by atoms with Gasteiger partial charge in [0.25, 0.3) is 5.91 Å². The number of benzene rings is 2. The maximum atomic E-state index is 14.7. The van der Waals surface area contributed by atoms with E-state index in [-0.39, 0.29) is 17.7 Å². The summed E-state index contributed by atoms with van der Waals surface area (Å²) in [6.07, 6.45) is -6.49. The van der Waals surface area contributed by atoms with Crippen LogP contribution in [0.2, 0.25) is 0 Å². The lowest BCUT2D eigenvalue weighted by Gasteiger charge is -2.57. The lowest BCUT2D eigenvalue weighted by molar-refractivity contribution is -0.233. The van der Waals surface area contributed by atoms with Crippen LogP contribution in [0.15, 0.2) is 89.4 Å². The smallest absolute Gasteiger partial charge is 0.423 e. The van der Waals surface area contributed by atoms with Crippen LogP contribution in [0.25, 0.3) is 0 Å². The maximum absolute atomic E-state index is 14.7. The van der Waals surface area contributed by atoms with Crippen molar-refractivity contribution in [1.82, 2.24) is 10.2 Å². The van der Waals surface area contributed by atoms with Gasteiger partial charge in [0.2, 0.25) is 11.4 Å². The number of halogens is 3. The Balaban J connectivity index is 1.50. The lowest BCUT2D eigenvalue weighted by Crippen LogP contribution is -2.85. The van der Waals surface area contributed by atoms with Crippen molar-refractivity contribution in [2.75, 3.05) is 12.4 Å². The molecule has 43 heavy (non-hydrogen) atoms. The standard InChI is InChI=1S/C30H25F3N2O6S2/c1-18(36)40-16-21-17-43-28-29(30(31,32)33,34-23(37)15-22-13-8-14-42-22)27(39)35(28)24(21)26(38)41-25(19-9-4-2-5-10-19)20-11-6-3-7-12-20/h2-14,25,28H,15-17H2,1H3,(H,34,37)/t28-,29+/m1/s1. The molecule has 2 amide bonds. The zero-order valence-electron chi connectivity index (χ0n) is 22.6. The van der Waals surface area contributed by atoms with Crippen LogP contribution in [-0.2, 0) is 35.1 Å². The number of ether oxygens (including phenoxy) is 2. The average molecular weight is 631 g/mol. The molecule has 2 atom stereocenters. The third-order valence-corrected chi connectivity index (χ3v) is 9.20. The molecule has 1 N–H and O–H groups in total. The average Bonchev–Trinajstić information content (AvgIpc) is 3.50. The Morgan fingerprint density at radius 3 is 2.19 bits per heavy atom. The van der Waals surface area contributed by atoms with E-state index in [1.165, 1.54) is 11.3 Å². The highest BCUT2D eigenvalue weighted by Gasteiger charge is 2.77. The Kier molecular flexibility index (Phi) is 8.65. The van der Waals surface area contributed by atoms with Crippen molar-refractivity contribution in [2.24, 2.45) is 0 Å². The van der Waals surface area contributed by atoms with Gasteiger partial charge in [-0.05, 0) is 22.6 Å². The van der Waals surface area contributed by atoms with E-state index in [1.807, 2.05) is 5.32 Å². The van der Waals surface area contributed by atoms with Crippen LogP contribution in [0.4, 0.5) is 13.2 Å². The fourth-order valence-electron chi connectivity index (χ4n) is 4.94. The van der Waals surface area contributed by atoms with E-state index in [4.69, 9.17) is 9.47 Å². The van der Waals surface area contributed by atoms with Gasteiger partial charge < -0.3 is 14.8 Å². The van der Waals surface area contributed by atoms with E-state index in [0.717, 1.165) is 6.92 Å². The lowest BCUT2D eigenvalue weighted by atomic mass is 9.85. The zero-order valence-corrected chi connectivity index (χ0v) is 24.3. The highest BCUT2D eigenvalue weighted by Crippen LogP contribution is 2.53. The number of thiophene rings is 1. The summed E-state index contributed by atoms with van der Waals surface area (Å²) in [6, 6.07) is 20.7. The SMILES string of the molecule is CC(=O)OCC1=C(C(=O)OC(c2ccccc2)c2ccccc2)N2C(=O)[C@@](NC(=O)Cc3cccs3)(C(F)(F)F)[C@H]2SC1. The quantitative estimate of drug-likeness (QED) is 0.269. The van der Waals surface area contributed by atoms with E-state index in [1.54, 1.807) is 78.2 Å². The highest BCUT2D eigenvalue weighted by atomic mass is 32.2. The summed E-state index contributed by atoms with van der Waals surface area (Å²) < 4.78 is 55.0. The first-order valence-corrected chi connectivity index (χ1v) is 15.0. The summed E-state index contributed by atoms with van der Waals surface area (Å²) in [5.74, 6) is -4.45. The summed E-state index contributed by atoms with van der Waals surface area (Å²) in [5.41, 5.74) is -2.42. The van der Waals surface area contributed by atoms with Crippen LogP contribution in [0.3, 0.4) is 0 Å². The fraction of sp³-hybridized carbons (Fsp3) is 0.267. The van der Waals surface area contributed by atoms with E-state index < -0.39 is 59.2 Å². The molecule has 3 heterocycles. The molecule has 0 bridgehead atoms. The monoisotopic (exact) mass is 630 g/mol. The van der Waals surface area contributed by atoms with Crippen molar-refractivity contribution in [1.29, 1.82) is 0 Å². The maximum Gasteiger partial charge on any atom is 0.423 e. The Morgan fingerprint density at radius 2 is 1.65 bits per heavy atom. The molecule has 2 aliphatic heterocycles. The van der Waals surface area contributed by atoms with Gasteiger partial charge in [-0.15, -0.1) is 23.1 Å². The number of nitrogens with zero attached hydrogens (tertiary/aromatic N) is 1. The number of carbonyl (C=O) groups excluding carboxylic acids is 4. The van der Waals surface area contributed by atoms with Gasteiger partial charge in [0.15, 0.2) is 6.10 Å². The molecule has 2 aliphatic rings. The molecule has 2 aromatic carbocycles. The molecular formula is C30H25F3N2O6S2. The van der Waals surface area contributed by atoms with Crippen LogP contribution in [0, 0.1) is 0 Å². The van der Waals surface area contributed by atoms with Gasteiger partial charge in [-0.3, -0.25) is 19.3 Å². The van der Waals surface area contributed by atoms with Crippen LogP contribution in [0.5, 0.6) is 0 Å². The fourth-order valence-corrected chi connectivity index (χ4v) is 7.11. The van der Waals surface area contributed by atoms with Gasteiger partial charge in [0, 0.05) is 23.1 Å². The molecule has 8 nitrogen and oxygen atoms in total. The minimum absolute atomic E-state index is 0.107. The predicted molar refractivity (Wildman–Crippen MR) is 153 cm³/mol. The number of amides is 2. The van der Waals surface area contributed by atoms with Crippen molar-refractivity contribution in [3.63, 3.8) is 0 Å². The van der Waals surface area contributed by atoms with Crippen LogP contribution < -0.4 is 5.32 Å². The van der Waals surface area contributed by atoms with E-state index in [9.17, 15) is 32.3 Å². The molecule has 0 aliphatic carbocycles. The van der Waals surface area contributed by atoms with Gasteiger partial charge in [0.1, 0.15) is 17.7 Å². The predicted octanol–water partition coefficient (Wildman–Crippen LogP) is 4.77. The second-order valence-corrected chi connectivity index (χ2v) is 11.9. The number of thioether (sulfide) groups is 1. The van der Waals surface area contributed by atoms with Crippen molar-refractivity contribution in [3.8, 4) is 0 Å². The van der Waals surface area contributed by atoms with Gasteiger partial charge >= 0.3 is 18.1 Å². The minimum atomic E-state index is -5.18. The summed E-state index contributed by atoms with van der Waals surface area (Å²) in [5, 5.41) is 1.93. The largest absolute Gasteiger partial charge is 0.461 e. The van der Waals surface area contributed by atoms with Crippen LogP contribution >= 0.6 is 23.1 Å². The number of alkyl halides is 3. The van der Waals surface area contributed by atoms with Crippen molar-refractivity contribution < 1.29 is 41.8 Å². The number of esters is 2. The topological polar surface area (TPSA) is 102 Å². The third kappa shape index (κ3) is 5.91. The number of hydrogen-bond donors (Lipinski definition) is 1. The second-order valence-electron chi connectivity index (χ2n) is 9.79. The number of carbonyl (C=O) groups is 4. The number of rotatable bonds is 9. The number of fused-ring (bicyclic) bond motifs is 1. The van der Waals surface area contributed by atoms with Crippen molar-refractivity contribution in [2.45, 2.75) is 36.5 Å². The highest BCUT2D eigenvalue weighted by molar-refractivity contribution is 8.00. The van der Waals surface area contributed by atoms with Crippen molar-refractivity contribution in [3.05, 3.63) is 105 Å². The molecule has 0 radical (unpaired) electrons. The number of β-lactam (4-membered cyclic amide) rings is 1. The molecule has 1 saturated heterocycles. The minimum Gasteiger partial charge on any atom is -0.461 e. The molecule has 0 spiro atoms. The van der Waals surface area contributed by atoms with E-state index in [0.29, 0.717) is 32.7 Å². The zero-order chi connectivity index (χ0) is 30.8. The van der Waals surface area contributed by atoms with Gasteiger partial charge in [0.05, 0.1) is 6.42 Å². The summed E-state index contributed by atoms with van der Waals surface area (Å²) in [4.78, 5) is 53.0. The first kappa shape index (κ1) is 30.4.